The molecule has 1 aromatic carbocycles. The van der Waals surface area contributed by atoms with Gasteiger partial charge in [0, 0.05) is 36.4 Å². The van der Waals surface area contributed by atoms with Crippen LogP contribution in [0.25, 0.3) is 16.6 Å². The van der Waals surface area contributed by atoms with Crippen molar-refractivity contribution < 1.29 is 0 Å². The average molecular weight is 416 g/mol. The number of hydrogen-bond acceptors (Lipinski definition) is 3. The van der Waals surface area contributed by atoms with E-state index in [0.717, 1.165) is 28.3 Å². The molecular weight excluding hydrogens is 386 g/mol. The summed E-state index contributed by atoms with van der Waals surface area (Å²) in [6.45, 7) is 4.35. The number of benzene rings is 1. The summed E-state index contributed by atoms with van der Waals surface area (Å²) in [6, 6.07) is 9.83. The molecule has 6 nitrogen and oxygen atoms in total. The smallest absolute Gasteiger partial charge is 0.279 e. The molecular formula is C25H29N5O. The maximum absolute atomic E-state index is 12.7. The molecule has 160 valence electrons. The summed E-state index contributed by atoms with van der Waals surface area (Å²) >= 11 is 0. The van der Waals surface area contributed by atoms with Gasteiger partial charge in [-0.15, -0.1) is 10.2 Å². The number of H-pyrrole nitrogens is 1. The Morgan fingerprint density at radius 1 is 1.10 bits per heavy atom. The Kier molecular flexibility index (Phi) is 5.00. The summed E-state index contributed by atoms with van der Waals surface area (Å²) < 4.78 is 3.79. The van der Waals surface area contributed by atoms with E-state index in [1.54, 1.807) is 10.9 Å². The summed E-state index contributed by atoms with van der Waals surface area (Å²) in [4.78, 5) is 15.8. The Bertz CT molecular complexity index is 1260. The van der Waals surface area contributed by atoms with Crippen molar-refractivity contribution in [1.82, 2.24) is 24.3 Å². The van der Waals surface area contributed by atoms with Crippen LogP contribution in [0.1, 0.15) is 61.4 Å². The van der Waals surface area contributed by atoms with Crippen molar-refractivity contribution in [3.8, 4) is 5.69 Å². The number of aryl methyl sites for hydroxylation is 2. The summed E-state index contributed by atoms with van der Waals surface area (Å²) in [7, 11) is 2.01. The minimum atomic E-state index is 0.0312. The molecule has 0 unspecified atom stereocenters. The predicted octanol–water partition coefficient (Wildman–Crippen LogP) is 4.83. The topological polar surface area (TPSA) is 68.5 Å². The molecule has 31 heavy (non-hydrogen) atoms. The van der Waals surface area contributed by atoms with Gasteiger partial charge >= 0.3 is 0 Å². The zero-order chi connectivity index (χ0) is 21.5. The fourth-order valence-electron chi connectivity index (χ4n) is 4.70. The van der Waals surface area contributed by atoms with Crippen molar-refractivity contribution in [2.45, 2.75) is 51.4 Å². The van der Waals surface area contributed by atoms with Crippen LogP contribution in [-0.2, 0) is 7.05 Å². The number of rotatable bonds is 3. The SMILES string of the molecule is CC1CC(c2nncn2C)C1.Cc1c[nH]c2c(=O)n(-c3ccccc3)cc(C3CC3)c12. The van der Waals surface area contributed by atoms with E-state index < -0.39 is 0 Å². The van der Waals surface area contributed by atoms with Crippen molar-refractivity contribution >= 4 is 10.9 Å². The van der Waals surface area contributed by atoms with Crippen LogP contribution in [0.2, 0.25) is 0 Å². The van der Waals surface area contributed by atoms with E-state index in [9.17, 15) is 4.79 Å². The van der Waals surface area contributed by atoms with Gasteiger partial charge in [0.2, 0.25) is 0 Å². The van der Waals surface area contributed by atoms with Gasteiger partial charge in [-0.25, -0.2) is 0 Å². The van der Waals surface area contributed by atoms with Gasteiger partial charge in [-0.1, -0.05) is 25.1 Å². The van der Waals surface area contributed by atoms with Crippen molar-refractivity contribution in [2.75, 3.05) is 0 Å². The second kappa shape index (κ2) is 7.84. The molecule has 2 saturated carbocycles. The molecule has 0 atom stereocenters. The number of aromatic nitrogens is 5. The minimum absolute atomic E-state index is 0.0312. The van der Waals surface area contributed by atoms with Gasteiger partial charge in [0.15, 0.2) is 0 Å². The Hall–Kier alpha value is -3.15. The van der Waals surface area contributed by atoms with Crippen LogP contribution >= 0.6 is 0 Å². The molecule has 0 aliphatic heterocycles. The number of hydrogen-bond donors (Lipinski definition) is 1. The summed E-state index contributed by atoms with van der Waals surface area (Å²) in [5.41, 5.74) is 4.16. The number of nitrogens with zero attached hydrogens (tertiary/aromatic N) is 4. The monoisotopic (exact) mass is 415 g/mol. The van der Waals surface area contributed by atoms with Crippen molar-refractivity contribution in [2.24, 2.45) is 13.0 Å². The standard InChI is InChI=1S/C17H16N2O.C8H13N3/c1-11-9-18-16-15(11)14(12-7-8-12)10-19(17(16)20)13-5-3-2-4-6-13;1-6-3-7(4-6)8-10-9-5-11(8)2/h2-6,9-10,12,18H,7-8H2,1H3;5-7H,3-4H2,1-2H3. The van der Waals surface area contributed by atoms with Crippen molar-refractivity contribution in [3.63, 3.8) is 0 Å². The third kappa shape index (κ3) is 3.71. The Balaban J connectivity index is 0.000000157. The molecule has 3 heterocycles. The van der Waals surface area contributed by atoms with Crippen molar-refractivity contribution in [1.29, 1.82) is 0 Å². The second-order valence-electron chi connectivity index (χ2n) is 9.16. The Labute approximate surface area is 181 Å². The van der Waals surface area contributed by atoms with Gasteiger partial charge in [0.05, 0.1) is 0 Å². The lowest BCUT2D eigenvalue weighted by Gasteiger charge is -2.31. The summed E-state index contributed by atoms with van der Waals surface area (Å²) in [5, 5.41) is 9.08. The van der Waals surface area contributed by atoms with E-state index in [-0.39, 0.29) is 5.56 Å². The second-order valence-corrected chi connectivity index (χ2v) is 9.16. The van der Waals surface area contributed by atoms with Crippen molar-refractivity contribution in [3.05, 3.63) is 76.4 Å². The van der Waals surface area contributed by atoms with E-state index in [4.69, 9.17) is 0 Å². The number of fused-ring (bicyclic) bond motifs is 1. The van der Waals surface area contributed by atoms with E-state index in [2.05, 4.69) is 29.0 Å². The normalized spacial score (nSPS) is 20.2. The van der Waals surface area contributed by atoms with Gasteiger partial charge in [0.1, 0.15) is 17.7 Å². The molecule has 0 saturated heterocycles. The average Bonchev–Trinajstić information content (AvgIpc) is 3.40. The molecule has 0 bridgehead atoms. The molecule has 0 amide bonds. The molecule has 0 radical (unpaired) electrons. The molecule has 1 N–H and O–H groups in total. The fourth-order valence-corrected chi connectivity index (χ4v) is 4.70. The van der Waals surface area contributed by atoms with Crippen LogP contribution in [0.5, 0.6) is 0 Å². The quantitative estimate of drug-likeness (QED) is 0.521. The lowest BCUT2D eigenvalue weighted by molar-refractivity contribution is 0.273. The van der Waals surface area contributed by atoms with Gasteiger partial charge in [-0.2, -0.15) is 0 Å². The zero-order valence-corrected chi connectivity index (χ0v) is 18.4. The van der Waals surface area contributed by atoms with Crippen LogP contribution in [0.3, 0.4) is 0 Å². The molecule has 2 aliphatic rings. The molecule has 6 heteroatoms. The van der Waals surface area contributed by atoms with E-state index in [0.29, 0.717) is 11.8 Å². The first-order chi connectivity index (χ1) is 15.0. The highest BCUT2D eigenvalue weighted by Gasteiger charge is 2.30. The van der Waals surface area contributed by atoms with Crippen LogP contribution in [-0.4, -0.2) is 24.3 Å². The molecule has 0 spiro atoms. The largest absolute Gasteiger partial charge is 0.356 e. The number of pyridine rings is 1. The summed E-state index contributed by atoms with van der Waals surface area (Å²) in [6.07, 6.45) is 10.8. The van der Waals surface area contributed by atoms with Gasteiger partial charge in [-0.05, 0) is 67.7 Å². The maximum Gasteiger partial charge on any atom is 0.279 e. The van der Waals surface area contributed by atoms with Crippen LogP contribution in [0.4, 0.5) is 0 Å². The van der Waals surface area contributed by atoms with Gasteiger partial charge < -0.3 is 9.55 Å². The first kappa shape index (κ1) is 19.8. The Morgan fingerprint density at radius 3 is 2.45 bits per heavy atom. The third-order valence-corrected chi connectivity index (χ3v) is 6.60. The van der Waals surface area contributed by atoms with Gasteiger partial charge in [-0.3, -0.25) is 9.36 Å². The fraction of sp³-hybridized carbons (Fsp3) is 0.400. The highest BCUT2D eigenvalue weighted by atomic mass is 16.1. The van der Waals surface area contributed by atoms with Crippen LogP contribution in [0, 0.1) is 12.8 Å². The van der Waals surface area contributed by atoms with E-state index >= 15 is 0 Å². The molecule has 3 aromatic heterocycles. The number of para-hydroxylation sites is 1. The maximum atomic E-state index is 12.7. The van der Waals surface area contributed by atoms with E-state index in [1.807, 2.05) is 54.3 Å². The zero-order valence-electron chi connectivity index (χ0n) is 18.4. The number of nitrogens with one attached hydrogen (secondary N) is 1. The Morgan fingerprint density at radius 2 is 1.84 bits per heavy atom. The highest BCUT2D eigenvalue weighted by Crippen LogP contribution is 2.43. The summed E-state index contributed by atoms with van der Waals surface area (Å²) in [5.74, 6) is 3.33. The lowest BCUT2D eigenvalue weighted by atomic mass is 9.76. The predicted molar refractivity (Wildman–Crippen MR) is 123 cm³/mol. The first-order valence-electron chi connectivity index (χ1n) is 11.2. The molecule has 2 aliphatic carbocycles. The minimum Gasteiger partial charge on any atom is -0.356 e. The molecule has 4 aromatic rings. The van der Waals surface area contributed by atoms with Crippen LogP contribution < -0.4 is 5.56 Å². The number of aromatic amines is 1. The lowest BCUT2D eigenvalue weighted by Crippen LogP contribution is -2.21. The highest BCUT2D eigenvalue weighted by molar-refractivity contribution is 5.86. The first-order valence-corrected chi connectivity index (χ1v) is 11.2. The molecule has 6 rings (SSSR count). The van der Waals surface area contributed by atoms with Gasteiger partial charge in [0.25, 0.3) is 5.56 Å². The van der Waals surface area contributed by atoms with E-state index in [1.165, 1.54) is 36.8 Å². The third-order valence-electron chi connectivity index (χ3n) is 6.60. The van der Waals surface area contributed by atoms with Crippen LogP contribution in [0.15, 0.2) is 53.8 Å². The molecule has 2 fully saturated rings.